The zero-order chi connectivity index (χ0) is 25.4. The van der Waals surface area contributed by atoms with Crippen molar-refractivity contribution in [3.8, 4) is 22.5 Å². The summed E-state index contributed by atoms with van der Waals surface area (Å²) in [6, 6.07) is 18.2. The number of carbonyl (C=O) groups is 3. The van der Waals surface area contributed by atoms with Crippen molar-refractivity contribution < 1.29 is 27.9 Å². The van der Waals surface area contributed by atoms with E-state index in [0.29, 0.717) is 46.3 Å². The standard InChI is InChI=1S/C28H23FN2O5/c1-30-26(33)23-21-15-18(8-11-22(21)36-24(23)16-6-9-20(29)10-7-16)17-4-3-5-19(14-17)25(32)31-28(12-13-28)27(34)35-2/h3-11,14-15H,12-13H2,1-2H3,(H,30,33)(H,31,32). The van der Waals surface area contributed by atoms with Crippen LogP contribution in [0.2, 0.25) is 0 Å². The first-order valence-corrected chi connectivity index (χ1v) is 11.4. The maximum Gasteiger partial charge on any atom is 0.331 e. The Labute approximate surface area is 206 Å². The highest BCUT2D eigenvalue weighted by Gasteiger charge is 2.52. The van der Waals surface area contributed by atoms with Crippen molar-refractivity contribution >= 4 is 28.8 Å². The molecule has 0 bridgehead atoms. The molecular formula is C28H23FN2O5. The molecule has 1 saturated carbocycles. The number of ether oxygens (including phenoxy) is 1. The molecule has 1 heterocycles. The number of benzene rings is 3. The fourth-order valence-corrected chi connectivity index (χ4v) is 4.26. The van der Waals surface area contributed by atoms with E-state index in [-0.39, 0.29) is 17.6 Å². The molecular weight excluding hydrogens is 463 g/mol. The minimum Gasteiger partial charge on any atom is -0.467 e. The van der Waals surface area contributed by atoms with Crippen LogP contribution in [-0.2, 0) is 9.53 Å². The molecule has 3 aromatic carbocycles. The number of hydrogen-bond acceptors (Lipinski definition) is 5. The van der Waals surface area contributed by atoms with E-state index in [1.54, 1.807) is 36.4 Å². The van der Waals surface area contributed by atoms with Crippen molar-refractivity contribution in [3.05, 3.63) is 83.7 Å². The van der Waals surface area contributed by atoms with Gasteiger partial charge in [-0.1, -0.05) is 18.2 Å². The predicted molar refractivity (Wildman–Crippen MR) is 132 cm³/mol. The number of amides is 2. The Bertz CT molecular complexity index is 1500. The van der Waals surface area contributed by atoms with Gasteiger partial charge in [-0.2, -0.15) is 0 Å². The average Bonchev–Trinajstić information content (AvgIpc) is 3.59. The molecule has 182 valence electrons. The number of rotatable bonds is 6. The SMILES string of the molecule is CNC(=O)c1c(-c2ccc(F)cc2)oc2ccc(-c3cccc(C(=O)NC4(C(=O)OC)CC4)c3)cc12. The number of furan rings is 1. The molecule has 1 aliphatic carbocycles. The first kappa shape index (κ1) is 23.3. The lowest BCUT2D eigenvalue weighted by atomic mass is 9.98. The van der Waals surface area contributed by atoms with Gasteiger partial charge in [-0.15, -0.1) is 0 Å². The first-order chi connectivity index (χ1) is 17.3. The fraction of sp³-hybridized carbons (Fsp3) is 0.179. The Balaban J connectivity index is 1.53. The predicted octanol–water partition coefficient (Wildman–Crippen LogP) is 4.70. The van der Waals surface area contributed by atoms with Gasteiger partial charge in [-0.25, -0.2) is 9.18 Å². The number of fused-ring (bicyclic) bond motifs is 1. The second-order valence-electron chi connectivity index (χ2n) is 8.71. The van der Waals surface area contributed by atoms with Gasteiger partial charge in [0.05, 0.1) is 12.7 Å². The lowest BCUT2D eigenvalue weighted by Gasteiger charge is -2.15. The summed E-state index contributed by atoms with van der Waals surface area (Å²) >= 11 is 0. The van der Waals surface area contributed by atoms with Crippen LogP contribution >= 0.6 is 0 Å². The van der Waals surface area contributed by atoms with Crippen molar-refractivity contribution in [1.29, 1.82) is 0 Å². The molecule has 8 heteroatoms. The molecule has 1 aliphatic rings. The summed E-state index contributed by atoms with van der Waals surface area (Å²) in [5.74, 6) is -1.20. The maximum atomic E-state index is 13.5. The van der Waals surface area contributed by atoms with Crippen LogP contribution in [0.5, 0.6) is 0 Å². The van der Waals surface area contributed by atoms with E-state index in [2.05, 4.69) is 10.6 Å². The highest BCUT2D eigenvalue weighted by atomic mass is 19.1. The van der Waals surface area contributed by atoms with E-state index in [4.69, 9.17) is 9.15 Å². The zero-order valence-electron chi connectivity index (χ0n) is 19.7. The maximum absolute atomic E-state index is 13.5. The van der Waals surface area contributed by atoms with Crippen LogP contribution in [0.4, 0.5) is 4.39 Å². The minimum absolute atomic E-state index is 0.337. The van der Waals surface area contributed by atoms with Crippen LogP contribution < -0.4 is 10.6 Å². The molecule has 5 rings (SSSR count). The van der Waals surface area contributed by atoms with E-state index in [0.717, 1.165) is 11.1 Å². The van der Waals surface area contributed by atoms with Gasteiger partial charge in [0.25, 0.3) is 11.8 Å². The summed E-state index contributed by atoms with van der Waals surface area (Å²) in [5, 5.41) is 6.02. The summed E-state index contributed by atoms with van der Waals surface area (Å²) in [6.45, 7) is 0. The molecule has 0 radical (unpaired) electrons. The van der Waals surface area contributed by atoms with Gasteiger partial charge in [0.1, 0.15) is 22.7 Å². The largest absolute Gasteiger partial charge is 0.467 e. The normalized spacial score (nSPS) is 13.8. The van der Waals surface area contributed by atoms with Crippen LogP contribution in [0.1, 0.15) is 33.6 Å². The number of carbonyl (C=O) groups excluding carboxylic acids is 3. The molecule has 2 N–H and O–H groups in total. The number of nitrogens with one attached hydrogen (secondary N) is 2. The third kappa shape index (κ3) is 4.11. The Kier molecular flexibility index (Phi) is 5.80. The van der Waals surface area contributed by atoms with Crippen LogP contribution in [0.15, 0.2) is 71.1 Å². The van der Waals surface area contributed by atoms with E-state index < -0.39 is 11.5 Å². The lowest BCUT2D eigenvalue weighted by Crippen LogP contribution is -2.43. The lowest BCUT2D eigenvalue weighted by molar-refractivity contribution is -0.144. The van der Waals surface area contributed by atoms with Crippen LogP contribution in [0, 0.1) is 5.82 Å². The molecule has 0 spiro atoms. The summed E-state index contributed by atoms with van der Waals surface area (Å²) < 4.78 is 24.3. The number of hydrogen-bond donors (Lipinski definition) is 2. The molecule has 36 heavy (non-hydrogen) atoms. The summed E-state index contributed by atoms with van der Waals surface area (Å²) in [5.41, 5.74) is 2.38. The van der Waals surface area contributed by atoms with E-state index in [1.165, 1.54) is 26.3 Å². The third-order valence-corrected chi connectivity index (χ3v) is 6.39. The summed E-state index contributed by atoms with van der Waals surface area (Å²) in [6.07, 6.45) is 1.09. The zero-order valence-corrected chi connectivity index (χ0v) is 19.7. The molecule has 7 nitrogen and oxygen atoms in total. The van der Waals surface area contributed by atoms with Gasteiger partial charge in [0, 0.05) is 23.6 Å². The molecule has 0 atom stereocenters. The fourth-order valence-electron chi connectivity index (χ4n) is 4.26. The van der Waals surface area contributed by atoms with Crippen molar-refractivity contribution in [2.75, 3.05) is 14.2 Å². The second kappa shape index (κ2) is 8.96. The Morgan fingerprint density at radius 3 is 2.28 bits per heavy atom. The highest BCUT2D eigenvalue weighted by Crippen LogP contribution is 2.38. The molecule has 2 amide bonds. The van der Waals surface area contributed by atoms with Crippen molar-refractivity contribution in [1.82, 2.24) is 10.6 Å². The van der Waals surface area contributed by atoms with Crippen molar-refractivity contribution in [2.24, 2.45) is 0 Å². The van der Waals surface area contributed by atoms with E-state index in [9.17, 15) is 18.8 Å². The second-order valence-corrected chi connectivity index (χ2v) is 8.71. The quantitative estimate of drug-likeness (QED) is 0.385. The number of methoxy groups -OCH3 is 1. The summed E-state index contributed by atoms with van der Waals surface area (Å²) in [4.78, 5) is 37.7. The van der Waals surface area contributed by atoms with Crippen molar-refractivity contribution in [3.63, 3.8) is 0 Å². The Morgan fingerprint density at radius 1 is 0.917 bits per heavy atom. The van der Waals surface area contributed by atoms with Gasteiger partial charge in [0.15, 0.2) is 0 Å². The molecule has 0 saturated heterocycles. The monoisotopic (exact) mass is 486 g/mol. The van der Waals surface area contributed by atoms with E-state index >= 15 is 0 Å². The van der Waals surface area contributed by atoms with Crippen LogP contribution in [-0.4, -0.2) is 37.5 Å². The molecule has 0 unspecified atom stereocenters. The van der Waals surface area contributed by atoms with Crippen LogP contribution in [0.25, 0.3) is 33.4 Å². The van der Waals surface area contributed by atoms with Gasteiger partial charge >= 0.3 is 5.97 Å². The van der Waals surface area contributed by atoms with Gasteiger partial charge in [0.2, 0.25) is 0 Å². The topological polar surface area (TPSA) is 97.6 Å². The molecule has 0 aliphatic heterocycles. The van der Waals surface area contributed by atoms with Gasteiger partial charge in [-0.3, -0.25) is 9.59 Å². The van der Waals surface area contributed by atoms with Gasteiger partial charge in [-0.05, 0) is 72.5 Å². The van der Waals surface area contributed by atoms with Gasteiger partial charge < -0.3 is 19.8 Å². The average molecular weight is 486 g/mol. The smallest absolute Gasteiger partial charge is 0.331 e. The Morgan fingerprint density at radius 2 is 1.61 bits per heavy atom. The molecule has 4 aromatic rings. The molecule has 1 aromatic heterocycles. The first-order valence-electron chi connectivity index (χ1n) is 11.4. The Hall–Kier alpha value is -4.46. The van der Waals surface area contributed by atoms with E-state index in [1.807, 2.05) is 18.2 Å². The minimum atomic E-state index is -0.948. The number of halogens is 1. The summed E-state index contributed by atoms with van der Waals surface area (Å²) in [7, 11) is 2.83. The highest BCUT2D eigenvalue weighted by molar-refractivity contribution is 6.12. The number of esters is 1. The third-order valence-electron chi connectivity index (χ3n) is 6.39. The van der Waals surface area contributed by atoms with Crippen molar-refractivity contribution in [2.45, 2.75) is 18.4 Å². The van der Waals surface area contributed by atoms with Crippen LogP contribution in [0.3, 0.4) is 0 Å². The molecule has 1 fully saturated rings.